The Morgan fingerprint density at radius 1 is 0.921 bits per heavy atom. The summed E-state index contributed by atoms with van der Waals surface area (Å²) in [6, 6.07) is 13.8. The average Bonchev–Trinajstić information content (AvgIpc) is 2.99. The molecule has 0 saturated heterocycles. The maximum Gasteiger partial charge on any atom is 0.242 e. The molecule has 0 fully saturated rings. The fourth-order valence-electron chi connectivity index (χ4n) is 4.80. The average molecular weight is 516 g/mol. The van der Waals surface area contributed by atoms with E-state index in [4.69, 9.17) is 4.74 Å². The van der Waals surface area contributed by atoms with Gasteiger partial charge in [0.05, 0.1) is 18.0 Å². The first kappa shape index (κ1) is 27.3. The van der Waals surface area contributed by atoms with Crippen molar-refractivity contribution < 1.29 is 14.3 Å². The largest absolute Gasteiger partial charge is 0.493 e. The van der Waals surface area contributed by atoms with Crippen LogP contribution in [0.4, 0.5) is 11.4 Å². The molecule has 0 aliphatic carbocycles. The first-order valence-electron chi connectivity index (χ1n) is 13.2. The number of fused-ring (bicyclic) bond motifs is 1. The minimum atomic E-state index is -1.13. The summed E-state index contributed by atoms with van der Waals surface area (Å²) in [5.41, 5.74) is 2.73. The van der Waals surface area contributed by atoms with Gasteiger partial charge in [0.15, 0.2) is 0 Å². The van der Waals surface area contributed by atoms with Crippen LogP contribution in [0.15, 0.2) is 67.3 Å². The van der Waals surface area contributed by atoms with Gasteiger partial charge in [0.25, 0.3) is 0 Å². The first-order valence-corrected chi connectivity index (χ1v) is 13.2. The molecule has 1 aromatic carbocycles. The Labute approximate surface area is 225 Å². The number of anilines is 2. The van der Waals surface area contributed by atoms with Gasteiger partial charge in [0.1, 0.15) is 11.2 Å². The molecule has 0 atom stereocenters. The third-order valence-corrected chi connectivity index (χ3v) is 7.02. The van der Waals surface area contributed by atoms with E-state index < -0.39 is 5.41 Å². The lowest BCUT2D eigenvalue weighted by atomic mass is 9.90. The second kappa shape index (κ2) is 12.2. The van der Waals surface area contributed by atoms with Gasteiger partial charge in [-0.15, -0.1) is 0 Å². The summed E-state index contributed by atoms with van der Waals surface area (Å²) in [5.74, 6) is 0.268. The summed E-state index contributed by atoms with van der Waals surface area (Å²) in [7, 11) is 1.72. The van der Waals surface area contributed by atoms with Gasteiger partial charge in [0.2, 0.25) is 11.8 Å². The number of carbonyl (C=O) groups excluding carboxylic acids is 2. The first-order chi connectivity index (χ1) is 18.3. The molecule has 0 unspecified atom stereocenters. The van der Waals surface area contributed by atoms with Crippen LogP contribution in [0, 0.1) is 5.41 Å². The van der Waals surface area contributed by atoms with Crippen LogP contribution >= 0.6 is 0 Å². The van der Waals surface area contributed by atoms with Crippen molar-refractivity contribution in [3.05, 3.63) is 78.4 Å². The second-order valence-corrected chi connectivity index (χ2v) is 10.1. The van der Waals surface area contributed by atoms with E-state index in [2.05, 4.69) is 20.9 Å². The number of carbonyl (C=O) groups is 2. The Balaban J connectivity index is 1.40. The van der Waals surface area contributed by atoms with Crippen molar-refractivity contribution in [1.82, 2.24) is 14.9 Å². The maximum atomic E-state index is 13.1. The Kier molecular flexibility index (Phi) is 8.73. The van der Waals surface area contributed by atoms with Crippen LogP contribution in [0.2, 0.25) is 0 Å². The van der Waals surface area contributed by atoms with Gasteiger partial charge in [-0.3, -0.25) is 24.5 Å². The molecule has 4 rings (SSSR count). The van der Waals surface area contributed by atoms with E-state index in [0.717, 1.165) is 38.2 Å². The number of hydrogen-bond donors (Lipinski definition) is 0. The molecule has 1 aliphatic rings. The van der Waals surface area contributed by atoms with Gasteiger partial charge < -0.3 is 14.5 Å². The standard InChI is InChI=1S/C30H37N5O3/c1-5-35-26-10-9-25(20-27(26)33(4)28(36)30(2,3)29(35)37)38-19-7-17-34(22-24-11-15-31-16-12-24)18-13-23-8-6-14-32-21-23/h6,8-12,14-16,20-21H,5,7,13,17-19,22H2,1-4H3. The molecular weight excluding hydrogens is 478 g/mol. The molecule has 3 aromatic rings. The Bertz CT molecular complexity index is 1230. The Morgan fingerprint density at radius 3 is 2.42 bits per heavy atom. The normalized spacial score (nSPS) is 15.0. The van der Waals surface area contributed by atoms with Crippen LogP contribution in [-0.2, 0) is 22.6 Å². The van der Waals surface area contributed by atoms with Crippen LogP contribution < -0.4 is 14.5 Å². The van der Waals surface area contributed by atoms with Gasteiger partial charge >= 0.3 is 0 Å². The molecule has 2 aromatic heterocycles. The molecule has 38 heavy (non-hydrogen) atoms. The summed E-state index contributed by atoms with van der Waals surface area (Å²) in [5, 5.41) is 0. The van der Waals surface area contributed by atoms with Gasteiger partial charge in [0, 0.05) is 64.1 Å². The second-order valence-electron chi connectivity index (χ2n) is 10.1. The molecule has 0 spiro atoms. The molecule has 0 radical (unpaired) electrons. The number of benzene rings is 1. The highest BCUT2D eigenvalue weighted by atomic mass is 16.5. The predicted octanol–water partition coefficient (Wildman–Crippen LogP) is 4.35. The minimum Gasteiger partial charge on any atom is -0.493 e. The van der Waals surface area contributed by atoms with Crippen molar-refractivity contribution >= 4 is 23.2 Å². The van der Waals surface area contributed by atoms with Crippen molar-refractivity contribution in [3.8, 4) is 5.75 Å². The quantitative estimate of drug-likeness (QED) is 0.279. The zero-order valence-corrected chi connectivity index (χ0v) is 22.8. The van der Waals surface area contributed by atoms with Crippen LogP contribution in [0.1, 0.15) is 38.3 Å². The van der Waals surface area contributed by atoms with Crippen LogP contribution in [-0.4, -0.2) is 60.0 Å². The molecule has 200 valence electrons. The summed E-state index contributed by atoms with van der Waals surface area (Å²) in [4.78, 5) is 40.2. The van der Waals surface area contributed by atoms with E-state index in [1.165, 1.54) is 11.1 Å². The van der Waals surface area contributed by atoms with E-state index in [9.17, 15) is 9.59 Å². The van der Waals surface area contributed by atoms with Crippen LogP contribution in [0.3, 0.4) is 0 Å². The summed E-state index contributed by atoms with van der Waals surface area (Å²) < 4.78 is 6.12. The molecule has 1 aliphatic heterocycles. The zero-order chi connectivity index (χ0) is 27.1. The summed E-state index contributed by atoms with van der Waals surface area (Å²) >= 11 is 0. The molecule has 3 heterocycles. The van der Waals surface area contributed by atoms with Crippen molar-refractivity contribution in [2.24, 2.45) is 5.41 Å². The predicted molar refractivity (Wildman–Crippen MR) is 149 cm³/mol. The SMILES string of the molecule is CCN1C(=O)C(C)(C)C(=O)N(C)c2cc(OCCCN(CCc3cccnc3)Cc3ccncc3)ccc21. The van der Waals surface area contributed by atoms with Gasteiger partial charge in [-0.05, 0) is 75.1 Å². The van der Waals surface area contributed by atoms with E-state index in [1.54, 1.807) is 36.9 Å². The zero-order valence-electron chi connectivity index (χ0n) is 22.8. The maximum absolute atomic E-state index is 13.1. The van der Waals surface area contributed by atoms with Crippen molar-refractivity contribution in [1.29, 1.82) is 0 Å². The third kappa shape index (κ3) is 6.19. The molecule has 8 heteroatoms. The molecule has 0 bridgehead atoms. The smallest absolute Gasteiger partial charge is 0.242 e. The van der Waals surface area contributed by atoms with Gasteiger partial charge in [-0.25, -0.2) is 0 Å². The van der Waals surface area contributed by atoms with Gasteiger partial charge in [-0.2, -0.15) is 0 Å². The van der Waals surface area contributed by atoms with Crippen LogP contribution in [0.25, 0.3) is 0 Å². The van der Waals surface area contributed by atoms with E-state index >= 15 is 0 Å². The van der Waals surface area contributed by atoms with Crippen molar-refractivity contribution in [3.63, 3.8) is 0 Å². The van der Waals surface area contributed by atoms with Crippen molar-refractivity contribution in [2.45, 2.75) is 40.2 Å². The minimum absolute atomic E-state index is 0.190. The van der Waals surface area contributed by atoms with Crippen LogP contribution in [0.5, 0.6) is 5.75 Å². The van der Waals surface area contributed by atoms with Gasteiger partial charge in [-0.1, -0.05) is 6.07 Å². The lowest BCUT2D eigenvalue weighted by Crippen LogP contribution is -2.47. The number of aromatic nitrogens is 2. The topological polar surface area (TPSA) is 78.9 Å². The van der Waals surface area contributed by atoms with Crippen molar-refractivity contribution in [2.75, 3.05) is 43.1 Å². The highest BCUT2D eigenvalue weighted by Gasteiger charge is 2.45. The lowest BCUT2D eigenvalue weighted by Gasteiger charge is -2.27. The molecule has 8 nitrogen and oxygen atoms in total. The molecule has 0 N–H and O–H groups in total. The Morgan fingerprint density at radius 2 is 1.71 bits per heavy atom. The molecule has 2 amide bonds. The summed E-state index contributed by atoms with van der Waals surface area (Å²) in [6.45, 7) is 8.95. The van der Waals surface area contributed by atoms with E-state index in [-0.39, 0.29) is 11.8 Å². The van der Waals surface area contributed by atoms with E-state index in [0.29, 0.717) is 24.6 Å². The molecule has 0 saturated carbocycles. The lowest BCUT2D eigenvalue weighted by molar-refractivity contribution is -0.137. The fourth-order valence-corrected chi connectivity index (χ4v) is 4.80. The molecular formula is C30H37N5O3. The number of hydrogen-bond acceptors (Lipinski definition) is 6. The monoisotopic (exact) mass is 515 g/mol. The number of ether oxygens (including phenoxy) is 1. The Hall–Kier alpha value is -3.78. The number of nitrogens with zero attached hydrogens (tertiary/aromatic N) is 5. The van der Waals surface area contributed by atoms with E-state index in [1.807, 2.05) is 61.9 Å². The highest BCUT2D eigenvalue weighted by molar-refractivity contribution is 6.20. The number of rotatable bonds is 11. The number of amides is 2. The summed E-state index contributed by atoms with van der Waals surface area (Å²) in [6.07, 6.45) is 9.13. The number of pyridine rings is 2. The third-order valence-electron chi connectivity index (χ3n) is 7.02. The highest BCUT2D eigenvalue weighted by Crippen LogP contribution is 2.40. The fraction of sp³-hybridized carbons (Fsp3) is 0.400.